The number of rotatable bonds is 2. The summed E-state index contributed by atoms with van der Waals surface area (Å²) in [5, 5.41) is 3.37. The molecule has 2 atom stereocenters. The molecule has 1 aromatic carbocycles. The molecule has 2 fully saturated rings. The Bertz CT molecular complexity index is 357. The summed E-state index contributed by atoms with van der Waals surface area (Å²) >= 11 is 0. The molecule has 2 nitrogen and oxygen atoms in total. The number of nitrogens with one attached hydrogen (secondary N) is 1. The van der Waals surface area contributed by atoms with Crippen LogP contribution in [0.4, 0.5) is 4.39 Å². The first kappa shape index (κ1) is 10.2. The molecule has 3 rings (SSSR count). The van der Waals surface area contributed by atoms with Crippen molar-refractivity contribution in [2.75, 3.05) is 26.2 Å². The van der Waals surface area contributed by atoms with Crippen molar-refractivity contribution in [3.8, 4) is 0 Å². The zero-order chi connectivity index (χ0) is 11.0. The first-order valence-corrected chi connectivity index (χ1v) is 6.05. The van der Waals surface area contributed by atoms with Gasteiger partial charge in [-0.15, -0.1) is 0 Å². The molecule has 1 aliphatic carbocycles. The molecule has 0 bridgehead atoms. The highest BCUT2D eigenvalue weighted by Crippen LogP contribution is 2.44. The van der Waals surface area contributed by atoms with E-state index < -0.39 is 0 Å². The third-order valence-corrected chi connectivity index (χ3v) is 3.68. The molecule has 1 heterocycles. The molecule has 1 aromatic rings. The molecule has 0 aromatic heterocycles. The van der Waals surface area contributed by atoms with E-state index in [1.54, 1.807) is 12.1 Å². The molecule has 1 saturated heterocycles. The van der Waals surface area contributed by atoms with Gasteiger partial charge in [0.05, 0.1) is 0 Å². The highest BCUT2D eigenvalue weighted by Gasteiger charge is 2.42. The normalized spacial score (nSPS) is 30.3. The van der Waals surface area contributed by atoms with Crippen LogP contribution in [0.2, 0.25) is 0 Å². The standard InChI is InChI=1S/C13H17FN2/c14-11-3-1-10(2-4-11)12-9-13(12)16-7-5-15-6-8-16/h1-4,12-13,15H,5-9H2/t12-,13+/m0/s1. The molecule has 1 saturated carbocycles. The summed E-state index contributed by atoms with van der Waals surface area (Å²) in [6.45, 7) is 4.52. The van der Waals surface area contributed by atoms with Crippen LogP contribution in [0.1, 0.15) is 17.9 Å². The largest absolute Gasteiger partial charge is 0.314 e. The summed E-state index contributed by atoms with van der Waals surface area (Å²) in [7, 11) is 0. The smallest absolute Gasteiger partial charge is 0.123 e. The van der Waals surface area contributed by atoms with Gasteiger partial charge in [-0.3, -0.25) is 4.90 Å². The molecule has 2 aliphatic rings. The quantitative estimate of drug-likeness (QED) is 0.814. The lowest BCUT2D eigenvalue weighted by molar-refractivity contribution is 0.228. The van der Waals surface area contributed by atoms with Gasteiger partial charge in [0.25, 0.3) is 0 Å². The number of halogens is 1. The van der Waals surface area contributed by atoms with Crippen molar-refractivity contribution in [1.82, 2.24) is 10.2 Å². The predicted octanol–water partition coefficient (Wildman–Crippen LogP) is 1.59. The van der Waals surface area contributed by atoms with Crippen molar-refractivity contribution < 1.29 is 4.39 Å². The summed E-state index contributed by atoms with van der Waals surface area (Å²) in [6, 6.07) is 7.71. The Balaban J connectivity index is 1.64. The van der Waals surface area contributed by atoms with Crippen LogP contribution in [0.15, 0.2) is 24.3 Å². The Morgan fingerprint density at radius 2 is 1.81 bits per heavy atom. The van der Waals surface area contributed by atoms with Crippen molar-refractivity contribution in [3.05, 3.63) is 35.6 Å². The second-order valence-electron chi connectivity index (χ2n) is 4.75. The number of nitrogens with zero attached hydrogens (tertiary/aromatic N) is 1. The van der Waals surface area contributed by atoms with Gasteiger partial charge < -0.3 is 5.32 Å². The molecular formula is C13H17FN2. The van der Waals surface area contributed by atoms with Crippen LogP contribution >= 0.6 is 0 Å². The molecule has 0 amide bonds. The van der Waals surface area contributed by atoms with Crippen LogP contribution in [0.25, 0.3) is 0 Å². The van der Waals surface area contributed by atoms with Crippen LogP contribution in [-0.4, -0.2) is 37.1 Å². The lowest BCUT2D eigenvalue weighted by Crippen LogP contribution is -2.44. The third-order valence-electron chi connectivity index (χ3n) is 3.68. The van der Waals surface area contributed by atoms with Gasteiger partial charge >= 0.3 is 0 Å². The van der Waals surface area contributed by atoms with E-state index in [1.807, 2.05) is 12.1 Å². The molecule has 1 aliphatic heterocycles. The zero-order valence-corrected chi connectivity index (χ0v) is 9.32. The number of hydrogen-bond acceptors (Lipinski definition) is 2. The van der Waals surface area contributed by atoms with E-state index in [0.717, 1.165) is 26.2 Å². The maximum atomic E-state index is 12.8. The summed E-state index contributed by atoms with van der Waals surface area (Å²) in [5.41, 5.74) is 1.30. The molecule has 0 unspecified atom stereocenters. The lowest BCUT2D eigenvalue weighted by Gasteiger charge is -2.27. The topological polar surface area (TPSA) is 15.3 Å². The Morgan fingerprint density at radius 1 is 1.12 bits per heavy atom. The SMILES string of the molecule is Fc1ccc([C@@H]2C[C@H]2N2CCNCC2)cc1. The highest BCUT2D eigenvalue weighted by molar-refractivity contribution is 5.28. The van der Waals surface area contributed by atoms with Gasteiger partial charge in [0.15, 0.2) is 0 Å². The van der Waals surface area contributed by atoms with Gasteiger partial charge in [-0.25, -0.2) is 4.39 Å². The number of hydrogen-bond donors (Lipinski definition) is 1. The van der Waals surface area contributed by atoms with E-state index in [-0.39, 0.29) is 5.82 Å². The Hall–Kier alpha value is -0.930. The van der Waals surface area contributed by atoms with Crippen LogP contribution in [0.3, 0.4) is 0 Å². The van der Waals surface area contributed by atoms with Gasteiger partial charge in [-0.05, 0) is 24.1 Å². The van der Waals surface area contributed by atoms with Gasteiger partial charge in [0.2, 0.25) is 0 Å². The average molecular weight is 220 g/mol. The van der Waals surface area contributed by atoms with E-state index in [4.69, 9.17) is 0 Å². The van der Waals surface area contributed by atoms with Crippen molar-refractivity contribution in [2.24, 2.45) is 0 Å². The average Bonchev–Trinajstić information content (AvgIpc) is 3.11. The molecule has 1 N–H and O–H groups in total. The van der Waals surface area contributed by atoms with E-state index in [1.165, 1.54) is 12.0 Å². The third kappa shape index (κ3) is 1.97. The fourth-order valence-corrected chi connectivity index (χ4v) is 2.67. The summed E-state index contributed by atoms with van der Waals surface area (Å²) in [4.78, 5) is 2.56. The van der Waals surface area contributed by atoms with Gasteiger partial charge in [-0.1, -0.05) is 12.1 Å². The minimum Gasteiger partial charge on any atom is -0.314 e. The Labute approximate surface area is 95.4 Å². The molecule has 16 heavy (non-hydrogen) atoms. The van der Waals surface area contributed by atoms with Crippen LogP contribution in [-0.2, 0) is 0 Å². The monoisotopic (exact) mass is 220 g/mol. The predicted molar refractivity (Wildman–Crippen MR) is 62.0 cm³/mol. The van der Waals surface area contributed by atoms with Crippen molar-refractivity contribution in [2.45, 2.75) is 18.4 Å². The maximum Gasteiger partial charge on any atom is 0.123 e. The van der Waals surface area contributed by atoms with Crippen LogP contribution in [0, 0.1) is 5.82 Å². The first-order chi connectivity index (χ1) is 7.84. The van der Waals surface area contributed by atoms with Crippen molar-refractivity contribution >= 4 is 0 Å². The summed E-state index contributed by atoms with van der Waals surface area (Å²) in [6.07, 6.45) is 1.24. The summed E-state index contributed by atoms with van der Waals surface area (Å²) < 4.78 is 12.8. The number of benzene rings is 1. The fourth-order valence-electron chi connectivity index (χ4n) is 2.67. The second kappa shape index (κ2) is 4.15. The summed E-state index contributed by atoms with van der Waals surface area (Å²) in [5.74, 6) is 0.502. The molecule has 86 valence electrons. The maximum absolute atomic E-state index is 12.8. The minimum atomic E-state index is -0.136. The van der Waals surface area contributed by atoms with Crippen LogP contribution < -0.4 is 5.32 Å². The fraction of sp³-hybridized carbons (Fsp3) is 0.538. The minimum absolute atomic E-state index is 0.136. The van der Waals surface area contributed by atoms with Crippen molar-refractivity contribution in [3.63, 3.8) is 0 Å². The Kier molecular flexibility index (Phi) is 2.65. The molecule has 3 heteroatoms. The number of piperazine rings is 1. The lowest BCUT2D eigenvalue weighted by atomic mass is 10.1. The molecular weight excluding hydrogens is 203 g/mol. The molecule has 0 radical (unpaired) electrons. The van der Waals surface area contributed by atoms with Crippen molar-refractivity contribution in [1.29, 1.82) is 0 Å². The highest BCUT2D eigenvalue weighted by atomic mass is 19.1. The van der Waals surface area contributed by atoms with E-state index >= 15 is 0 Å². The van der Waals surface area contributed by atoms with E-state index in [0.29, 0.717) is 12.0 Å². The van der Waals surface area contributed by atoms with E-state index in [9.17, 15) is 4.39 Å². The van der Waals surface area contributed by atoms with Gasteiger partial charge in [-0.2, -0.15) is 0 Å². The molecule has 0 spiro atoms. The van der Waals surface area contributed by atoms with Gasteiger partial charge in [0.1, 0.15) is 5.82 Å². The first-order valence-electron chi connectivity index (χ1n) is 6.05. The zero-order valence-electron chi connectivity index (χ0n) is 9.32. The second-order valence-corrected chi connectivity index (χ2v) is 4.75. The van der Waals surface area contributed by atoms with E-state index in [2.05, 4.69) is 10.2 Å². The Morgan fingerprint density at radius 3 is 2.50 bits per heavy atom. The van der Waals surface area contributed by atoms with Crippen LogP contribution in [0.5, 0.6) is 0 Å². The van der Waals surface area contributed by atoms with Gasteiger partial charge in [0, 0.05) is 38.1 Å².